The molecule has 0 saturated heterocycles. The molecule has 0 atom stereocenters. The normalized spacial score (nSPS) is 10.5. The van der Waals surface area contributed by atoms with Crippen LogP contribution in [0.2, 0.25) is 0 Å². The predicted molar refractivity (Wildman–Crippen MR) is 73.6 cm³/mol. The minimum Gasteiger partial charge on any atom is -0.491 e. The Bertz CT molecular complexity index is 370. The molecule has 0 aromatic heterocycles. The molecule has 19 heavy (non-hydrogen) atoms. The third kappa shape index (κ3) is 6.25. The molecule has 0 bridgehead atoms. The number of carbonyl (C=O) groups is 1. The molecular formula is C15H22O4. The second kappa shape index (κ2) is 8.53. The Kier molecular flexibility index (Phi) is 6.97. The molecule has 1 aromatic carbocycles. The molecule has 0 fully saturated rings. The monoisotopic (exact) mass is 266 g/mol. The lowest BCUT2D eigenvalue weighted by Gasteiger charge is -2.09. The van der Waals surface area contributed by atoms with Gasteiger partial charge in [-0.3, -0.25) is 0 Å². The van der Waals surface area contributed by atoms with Gasteiger partial charge < -0.3 is 14.2 Å². The lowest BCUT2D eigenvalue weighted by molar-refractivity contribution is 0.0526. The van der Waals surface area contributed by atoms with E-state index in [0.717, 1.165) is 12.4 Å². The van der Waals surface area contributed by atoms with Crippen LogP contribution < -0.4 is 4.74 Å². The number of carbonyl (C=O) groups excluding carboxylic acids is 1. The van der Waals surface area contributed by atoms with Crippen molar-refractivity contribution in [2.45, 2.75) is 20.8 Å². The molecule has 0 aliphatic carbocycles. The second-order valence-electron chi connectivity index (χ2n) is 4.56. The maximum atomic E-state index is 11.4. The molecule has 106 valence electrons. The Morgan fingerprint density at radius 1 is 1.16 bits per heavy atom. The van der Waals surface area contributed by atoms with Gasteiger partial charge in [0.2, 0.25) is 0 Å². The highest BCUT2D eigenvalue weighted by Gasteiger charge is 2.05. The van der Waals surface area contributed by atoms with Crippen LogP contribution in [0.15, 0.2) is 24.3 Å². The number of benzene rings is 1. The zero-order valence-electron chi connectivity index (χ0n) is 11.8. The molecular weight excluding hydrogens is 244 g/mol. The van der Waals surface area contributed by atoms with Gasteiger partial charge in [0.25, 0.3) is 0 Å². The summed E-state index contributed by atoms with van der Waals surface area (Å²) in [6.07, 6.45) is 0. The minimum atomic E-state index is -0.311. The van der Waals surface area contributed by atoms with Crippen LogP contribution in [-0.2, 0) is 9.47 Å². The standard InChI is InChI=1S/C15H22O4/c1-4-18-15(16)13-5-7-14(8-6-13)19-10-9-17-11-12(2)3/h5-8,12H,4,9-11H2,1-3H3. The van der Waals surface area contributed by atoms with Gasteiger partial charge >= 0.3 is 5.97 Å². The van der Waals surface area contributed by atoms with Crippen LogP contribution >= 0.6 is 0 Å². The Labute approximate surface area is 114 Å². The van der Waals surface area contributed by atoms with Crippen molar-refractivity contribution in [3.05, 3.63) is 29.8 Å². The summed E-state index contributed by atoms with van der Waals surface area (Å²) in [5, 5.41) is 0. The summed E-state index contributed by atoms with van der Waals surface area (Å²) in [4.78, 5) is 11.4. The molecule has 0 aliphatic heterocycles. The summed E-state index contributed by atoms with van der Waals surface area (Å²) < 4.78 is 15.8. The van der Waals surface area contributed by atoms with Crippen molar-refractivity contribution in [2.75, 3.05) is 26.4 Å². The fourth-order valence-electron chi connectivity index (χ4n) is 1.44. The van der Waals surface area contributed by atoms with Crippen LogP contribution in [-0.4, -0.2) is 32.4 Å². The van der Waals surface area contributed by atoms with Crippen molar-refractivity contribution in [3.63, 3.8) is 0 Å². The van der Waals surface area contributed by atoms with Crippen molar-refractivity contribution in [1.29, 1.82) is 0 Å². The summed E-state index contributed by atoms with van der Waals surface area (Å²) >= 11 is 0. The number of hydrogen-bond donors (Lipinski definition) is 0. The first kappa shape index (κ1) is 15.5. The summed E-state index contributed by atoms with van der Waals surface area (Å²) in [6.45, 7) is 8.19. The highest BCUT2D eigenvalue weighted by molar-refractivity contribution is 5.89. The molecule has 4 heteroatoms. The zero-order valence-corrected chi connectivity index (χ0v) is 11.8. The van der Waals surface area contributed by atoms with Gasteiger partial charge in [0, 0.05) is 6.61 Å². The molecule has 0 aliphatic rings. The minimum absolute atomic E-state index is 0.311. The highest BCUT2D eigenvalue weighted by Crippen LogP contribution is 2.12. The van der Waals surface area contributed by atoms with Crippen molar-refractivity contribution in [1.82, 2.24) is 0 Å². The average molecular weight is 266 g/mol. The van der Waals surface area contributed by atoms with Gasteiger partial charge in [-0.1, -0.05) is 13.8 Å². The lowest BCUT2D eigenvalue weighted by Crippen LogP contribution is -2.10. The third-order valence-electron chi connectivity index (χ3n) is 2.31. The van der Waals surface area contributed by atoms with Crippen LogP contribution in [0.3, 0.4) is 0 Å². The van der Waals surface area contributed by atoms with Gasteiger partial charge in [-0.25, -0.2) is 4.79 Å². The number of ether oxygens (including phenoxy) is 3. The van der Waals surface area contributed by atoms with Gasteiger partial charge in [-0.15, -0.1) is 0 Å². The summed E-state index contributed by atoms with van der Waals surface area (Å²) in [5.74, 6) is 0.944. The van der Waals surface area contributed by atoms with Crippen molar-refractivity contribution < 1.29 is 19.0 Å². The van der Waals surface area contributed by atoms with E-state index in [0.29, 0.717) is 31.3 Å². The first-order valence-electron chi connectivity index (χ1n) is 6.61. The second-order valence-corrected chi connectivity index (χ2v) is 4.56. The first-order valence-corrected chi connectivity index (χ1v) is 6.61. The van der Waals surface area contributed by atoms with E-state index in [1.165, 1.54) is 0 Å². The van der Waals surface area contributed by atoms with Crippen molar-refractivity contribution in [3.8, 4) is 5.75 Å². The Morgan fingerprint density at radius 3 is 2.42 bits per heavy atom. The van der Waals surface area contributed by atoms with E-state index in [1.807, 2.05) is 0 Å². The van der Waals surface area contributed by atoms with Gasteiger partial charge in [0.1, 0.15) is 12.4 Å². The van der Waals surface area contributed by atoms with E-state index in [9.17, 15) is 4.79 Å². The molecule has 0 unspecified atom stereocenters. The maximum Gasteiger partial charge on any atom is 0.338 e. The SMILES string of the molecule is CCOC(=O)c1ccc(OCCOCC(C)C)cc1. The van der Waals surface area contributed by atoms with E-state index >= 15 is 0 Å². The predicted octanol–water partition coefficient (Wildman–Crippen LogP) is 2.91. The molecule has 0 heterocycles. The van der Waals surface area contributed by atoms with E-state index in [2.05, 4.69) is 13.8 Å². The lowest BCUT2D eigenvalue weighted by atomic mass is 10.2. The fraction of sp³-hybridized carbons (Fsp3) is 0.533. The summed E-state index contributed by atoms with van der Waals surface area (Å²) in [5.41, 5.74) is 0.533. The van der Waals surface area contributed by atoms with Crippen LogP contribution in [0, 0.1) is 5.92 Å². The largest absolute Gasteiger partial charge is 0.491 e. The summed E-state index contributed by atoms with van der Waals surface area (Å²) in [6, 6.07) is 6.91. The Balaban J connectivity index is 2.30. The highest BCUT2D eigenvalue weighted by atomic mass is 16.5. The number of hydrogen-bond acceptors (Lipinski definition) is 4. The molecule has 0 N–H and O–H groups in total. The number of esters is 1. The van der Waals surface area contributed by atoms with Gasteiger partial charge in [0.15, 0.2) is 0 Å². The van der Waals surface area contributed by atoms with Crippen LogP contribution in [0.5, 0.6) is 5.75 Å². The van der Waals surface area contributed by atoms with E-state index in [-0.39, 0.29) is 5.97 Å². The van der Waals surface area contributed by atoms with Crippen LogP contribution in [0.25, 0.3) is 0 Å². The molecule has 0 amide bonds. The molecule has 1 rings (SSSR count). The molecule has 0 spiro atoms. The third-order valence-corrected chi connectivity index (χ3v) is 2.31. The molecule has 1 aromatic rings. The van der Waals surface area contributed by atoms with Crippen molar-refractivity contribution in [2.24, 2.45) is 5.92 Å². The van der Waals surface area contributed by atoms with Crippen molar-refractivity contribution >= 4 is 5.97 Å². The van der Waals surface area contributed by atoms with E-state index in [1.54, 1.807) is 31.2 Å². The molecule has 4 nitrogen and oxygen atoms in total. The van der Waals surface area contributed by atoms with Gasteiger partial charge in [-0.2, -0.15) is 0 Å². The average Bonchev–Trinajstić information content (AvgIpc) is 2.39. The number of rotatable bonds is 8. The van der Waals surface area contributed by atoms with Gasteiger partial charge in [-0.05, 0) is 37.1 Å². The van der Waals surface area contributed by atoms with Crippen LogP contribution in [0.4, 0.5) is 0 Å². The quantitative estimate of drug-likeness (QED) is 0.536. The zero-order chi connectivity index (χ0) is 14.1. The fourth-order valence-corrected chi connectivity index (χ4v) is 1.44. The van der Waals surface area contributed by atoms with E-state index < -0.39 is 0 Å². The van der Waals surface area contributed by atoms with Gasteiger partial charge in [0.05, 0.1) is 18.8 Å². The smallest absolute Gasteiger partial charge is 0.338 e. The first-order chi connectivity index (χ1) is 9.13. The Hall–Kier alpha value is -1.55. The molecule has 0 radical (unpaired) electrons. The molecule has 0 saturated carbocycles. The summed E-state index contributed by atoms with van der Waals surface area (Å²) in [7, 11) is 0. The van der Waals surface area contributed by atoms with Crippen LogP contribution in [0.1, 0.15) is 31.1 Å². The topological polar surface area (TPSA) is 44.8 Å². The Morgan fingerprint density at radius 2 is 1.84 bits per heavy atom. The maximum absolute atomic E-state index is 11.4. The van der Waals surface area contributed by atoms with E-state index in [4.69, 9.17) is 14.2 Å².